The van der Waals surface area contributed by atoms with Crippen molar-refractivity contribution in [3.8, 4) is 0 Å². The number of halogens is 1. The smallest absolute Gasteiger partial charge is 0.253 e. The van der Waals surface area contributed by atoms with Crippen LogP contribution in [0.4, 0.5) is 0 Å². The maximum absolute atomic E-state index is 12.5. The lowest BCUT2D eigenvalue weighted by Gasteiger charge is -2.29. The normalized spacial score (nSPS) is 13.8. The summed E-state index contributed by atoms with van der Waals surface area (Å²) < 4.78 is 2.28. The summed E-state index contributed by atoms with van der Waals surface area (Å²) in [6, 6.07) is 9.96. The minimum Gasteiger partial charge on any atom is -0.336 e. The Kier molecular flexibility index (Phi) is 4.16. The Morgan fingerprint density at radius 3 is 2.77 bits per heavy atom. The Morgan fingerprint density at radius 1 is 1.27 bits per heavy atom. The predicted molar refractivity (Wildman–Crippen MR) is 88.7 cm³/mol. The Labute approximate surface area is 137 Å². The van der Waals surface area contributed by atoms with Gasteiger partial charge in [-0.2, -0.15) is 0 Å². The Morgan fingerprint density at radius 2 is 2.00 bits per heavy atom. The van der Waals surface area contributed by atoms with Crippen molar-refractivity contribution in [1.29, 1.82) is 0 Å². The van der Waals surface area contributed by atoms with Gasteiger partial charge in [0.2, 0.25) is 5.91 Å². The summed E-state index contributed by atoms with van der Waals surface area (Å²) in [5.41, 5.74) is 3.02. The number of hydrogen-bond acceptors (Lipinski definition) is 2. The SMILES string of the molecule is Cc1cc(Br)cn(CC(=O)N2CCc3ccccc3C2)c1=O. The molecule has 2 heterocycles. The molecule has 1 aromatic carbocycles. The van der Waals surface area contributed by atoms with E-state index in [4.69, 9.17) is 0 Å². The highest BCUT2D eigenvalue weighted by Crippen LogP contribution is 2.18. The van der Waals surface area contributed by atoms with Gasteiger partial charge in [0.1, 0.15) is 6.54 Å². The van der Waals surface area contributed by atoms with Gasteiger partial charge >= 0.3 is 0 Å². The molecule has 0 fully saturated rings. The molecule has 1 amide bonds. The van der Waals surface area contributed by atoms with Crippen LogP contribution >= 0.6 is 15.9 Å². The zero-order chi connectivity index (χ0) is 15.7. The zero-order valence-electron chi connectivity index (χ0n) is 12.4. The van der Waals surface area contributed by atoms with Crippen molar-refractivity contribution in [2.45, 2.75) is 26.4 Å². The molecule has 0 bridgehead atoms. The standard InChI is InChI=1S/C17H17BrN2O2/c1-12-8-15(18)10-20(17(12)22)11-16(21)19-7-6-13-4-2-3-5-14(13)9-19/h2-5,8,10H,6-7,9,11H2,1H3. The van der Waals surface area contributed by atoms with Gasteiger partial charge < -0.3 is 9.47 Å². The molecule has 0 saturated carbocycles. The van der Waals surface area contributed by atoms with Crippen molar-refractivity contribution in [2.24, 2.45) is 0 Å². The zero-order valence-corrected chi connectivity index (χ0v) is 14.0. The van der Waals surface area contributed by atoms with Crippen LogP contribution in [0.25, 0.3) is 0 Å². The predicted octanol–water partition coefficient (Wildman–Crippen LogP) is 2.50. The number of carbonyl (C=O) groups excluding carboxylic acids is 1. The number of hydrogen-bond donors (Lipinski definition) is 0. The van der Waals surface area contributed by atoms with E-state index in [2.05, 4.69) is 28.1 Å². The van der Waals surface area contributed by atoms with Gasteiger partial charge in [-0.05, 0) is 46.5 Å². The fourth-order valence-electron chi connectivity index (χ4n) is 2.81. The largest absolute Gasteiger partial charge is 0.336 e. The first-order chi connectivity index (χ1) is 10.5. The van der Waals surface area contributed by atoms with E-state index in [9.17, 15) is 9.59 Å². The van der Waals surface area contributed by atoms with Gasteiger partial charge in [-0.3, -0.25) is 9.59 Å². The molecule has 4 nitrogen and oxygen atoms in total. The molecule has 1 aromatic heterocycles. The van der Waals surface area contributed by atoms with Crippen LogP contribution in [-0.2, 0) is 24.3 Å². The first-order valence-corrected chi connectivity index (χ1v) is 8.05. The van der Waals surface area contributed by atoms with Gasteiger partial charge in [0.15, 0.2) is 0 Å². The van der Waals surface area contributed by atoms with Crippen molar-refractivity contribution in [3.05, 3.63) is 68.0 Å². The van der Waals surface area contributed by atoms with Gasteiger partial charge in [-0.15, -0.1) is 0 Å². The Balaban J connectivity index is 1.78. The summed E-state index contributed by atoms with van der Waals surface area (Å²) in [7, 11) is 0. The van der Waals surface area contributed by atoms with E-state index in [0.29, 0.717) is 18.7 Å². The van der Waals surface area contributed by atoms with Crippen molar-refractivity contribution < 1.29 is 4.79 Å². The molecule has 0 spiro atoms. The molecule has 3 rings (SSSR count). The van der Waals surface area contributed by atoms with Crippen LogP contribution in [0.1, 0.15) is 16.7 Å². The Bertz CT molecular complexity index is 782. The van der Waals surface area contributed by atoms with Gasteiger partial charge in [0, 0.05) is 29.3 Å². The number of pyridine rings is 1. The lowest BCUT2D eigenvalue weighted by molar-refractivity contribution is -0.132. The van der Waals surface area contributed by atoms with E-state index in [-0.39, 0.29) is 18.0 Å². The van der Waals surface area contributed by atoms with Crippen LogP contribution in [0, 0.1) is 6.92 Å². The number of amides is 1. The van der Waals surface area contributed by atoms with E-state index in [0.717, 1.165) is 10.9 Å². The van der Waals surface area contributed by atoms with Crippen LogP contribution in [0.5, 0.6) is 0 Å². The third-order valence-electron chi connectivity index (χ3n) is 4.02. The number of aromatic nitrogens is 1. The molecular weight excluding hydrogens is 344 g/mol. The number of benzene rings is 1. The van der Waals surface area contributed by atoms with Gasteiger partial charge in [-0.1, -0.05) is 24.3 Å². The molecule has 2 aromatic rings. The van der Waals surface area contributed by atoms with Crippen molar-refractivity contribution in [3.63, 3.8) is 0 Å². The average Bonchev–Trinajstić information content (AvgIpc) is 2.51. The molecule has 1 aliphatic heterocycles. The van der Waals surface area contributed by atoms with Gasteiger partial charge in [0.25, 0.3) is 5.56 Å². The highest BCUT2D eigenvalue weighted by Gasteiger charge is 2.20. The summed E-state index contributed by atoms with van der Waals surface area (Å²) in [6.45, 7) is 3.17. The van der Waals surface area contributed by atoms with Gasteiger partial charge in [-0.25, -0.2) is 0 Å². The maximum atomic E-state index is 12.5. The van der Waals surface area contributed by atoms with Crippen LogP contribution < -0.4 is 5.56 Å². The summed E-state index contributed by atoms with van der Waals surface area (Å²) >= 11 is 3.37. The highest BCUT2D eigenvalue weighted by atomic mass is 79.9. The molecule has 1 aliphatic rings. The van der Waals surface area contributed by atoms with Crippen LogP contribution in [0.2, 0.25) is 0 Å². The van der Waals surface area contributed by atoms with Crippen molar-refractivity contribution >= 4 is 21.8 Å². The molecular formula is C17H17BrN2O2. The molecule has 0 radical (unpaired) electrons. The third-order valence-corrected chi connectivity index (χ3v) is 4.45. The van der Waals surface area contributed by atoms with E-state index >= 15 is 0 Å². The molecule has 114 valence electrons. The highest BCUT2D eigenvalue weighted by molar-refractivity contribution is 9.10. The minimum atomic E-state index is -0.117. The number of nitrogens with zero attached hydrogens (tertiary/aromatic N) is 2. The van der Waals surface area contributed by atoms with Crippen molar-refractivity contribution in [1.82, 2.24) is 9.47 Å². The van der Waals surface area contributed by atoms with Crippen molar-refractivity contribution in [2.75, 3.05) is 6.54 Å². The Hall–Kier alpha value is -1.88. The van der Waals surface area contributed by atoms with Crippen LogP contribution in [-0.4, -0.2) is 21.9 Å². The quantitative estimate of drug-likeness (QED) is 0.825. The second-order valence-electron chi connectivity index (χ2n) is 5.61. The molecule has 0 atom stereocenters. The fourth-order valence-corrected chi connectivity index (χ4v) is 3.40. The number of aryl methyl sites for hydroxylation is 1. The van der Waals surface area contributed by atoms with E-state index < -0.39 is 0 Å². The van der Waals surface area contributed by atoms with E-state index in [1.807, 2.05) is 17.0 Å². The lowest BCUT2D eigenvalue weighted by Crippen LogP contribution is -2.39. The molecule has 0 aliphatic carbocycles. The summed E-state index contributed by atoms with van der Waals surface area (Å²) in [5, 5.41) is 0. The summed E-state index contributed by atoms with van der Waals surface area (Å²) in [5.74, 6) is -0.0193. The second kappa shape index (κ2) is 6.08. The van der Waals surface area contributed by atoms with E-state index in [1.165, 1.54) is 15.7 Å². The molecule has 0 unspecified atom stereocenters. The monoisotopic (exact) mass is 360 g/mol. The van der Waals surface area contributed by atoms with Crippen LogP contribution in [0.15, 0.2) is 45.8 Å². The molecule has 0 saturated heterocycles. The maximum Gasteiger partial charge on any atom is 0.253 e. The first kappa shape index (κ1) is 15.0. The summed E-state index contributed by atoms with van der Waals surface area (Å²) in [4.78, 5) is 26.4. The fraction of sp³-hybridized carbons (Fsp3) is 0.294. The number of rotatable bonds is 2. The number of carbonyl (C=O) groups is 1. The molecule has 22 heavy (non-hydrogen) atoms. The van der Waals surface area contributed by atoms with Crippen LogP contribution in [0.3, 0.4) is 0 Å². The third kappa shape index (κ3) is 2.99. The minimum absolute atomic E-state index is 0.0193. The lowest BCUT2D eigenvalue weighted by atomic mass is 10.00. The van der Waals surface area contributed by atoms with Gasteiger partial charge in [0.05, 0.1) is 0 Å². The average molecular weight is 361 g/mol. The molecule has 0 N–H and O–H groups in total. The summed E-state index contributed by atoms with van der Waals surface area (Å²) in [6.07, 6.45) is 2.54. The topological polar surface area (TPSA) is 42.3 Å². The molecule has 5 heteroatoms. The first-order valence-electron chi connectivity index (χ1n) is 7.26. The van der Waals surface area contributed by atoms with E-state index in [1.54, 1.807) is 19.2 Å². The second-order valence-corrected chi connectivity index (χ2v) is 6.52. The number of fused-ring (bicyclic) bond motifs is 1.